The van der Waals surface area contributed by atoms with Crippen LogP contribution >= 0.6 is 23.3 Å². The minimum Gasteiger partial charge on any atom is -0.504 e. The quantitative estimate of drug-likeness (QED) is 0.423. The Morgan fingerprint density at radius 1 is 1.54 bits per heavy atom. The maximum atomic E-state index is 12.3. The lowest BCUT2D eigenvalue weighted by atomic mass is 10.1. The molecule has 136 valence electrons. The molecule has 1 aromatic heterocycles. The van der Waals surface area contributed by atoms with Crippen molar-refractivity contribution in [1.82, 2.24) is 9.36 Å². The second-order valence-corrected chi connectivity index (χ2v) is 7.38. The molecule has 9 heteroatoms. The first-order valence-electron chi connectivity index (χ1n) is 7.69. The van der Waals surface area contributed by atoms with Crippen LogP contribution in [0.15, 0.2) is 28.9 Å². The lowest BCUT2D eigenvalue weighted by Gasteiger charge is -2.04. The topological polar surface area (TPSA) is 108 Å². The third-order valence-electron chi connectivity index (χ3n) is 3.05. The van der Waals surface area contributed by atoms with E-state index in [-0.39, 0.29) is 17.1 Å². The van der Waals surface area contributed by atoms with Gasteiger partial charge in [-0.05, 0) is 29.7 Å². The SMILES string of the molecule is COc1cc(C=C(C#N)C(=O)Nc2nc(SCC(C)C)ns2)ccc1O. The molecule has 1 amide bonds. The monoisotopic (exact) mass is 390 g/mol. The number of phenolic OH excluding ortho intramolecular Hbond substituents is 1. The summed E-state index contributed by atoms with van der Waals surface area (Å²) in [5.41, 5.74) is 0.459. The van der Waals surface area contributed by atoms with E-state index in [2.05, 4.69) is 28.5 Å². The van der Waals surface area contributed by atoms with Gasteiger partial charge in [-0.2, -0.15) is 14.6 Å². The molecular formula is C17H18N4O3S2. The summed E-state index contributed by atoms with van der Waals surface area (Å²) in [5, 5.41) is 22.4. The van der Waals surface area contributed by atoms with Crippen molar-refractivity contribution in [1.29, 1.82) is 5.26 Å². The Kier molecular flexibility index (Phi) is 7.00. The van der Waals surface area contributed by atoms with Crippen molar-refractivity contribution >= 4 is 40.4 Å². The Labute approximate surface area is 159 Å². The van der Waals surface area contributed by atoms with Gasteiger partial charge in [0.05, 0.1) is 7.11 Å². The van der Waals surface area contributed by atoms with Crippen LogP contribution in [-0.2, 0) is 4.79 Å². The van der Waals surface area contributed by atoms with Gasteiger partial charge in [0.1, 0.15) is 11.6 Å². The first kappa shape index (κ1) is 19.8. The molecule has 0 saturated heterocycles. The van der Waals surface area contributed by atoms with Crippen molar-refractivity contribution in [3.05, 3.63) is 29.3 Å². The van der Waals surface area contributed by atoms with E-state index in [0.29, 0.717) is 21.8 Å². The number of aromatic nitrogens is 2. The highest BCUT2D eigenvalue weighted by atomic mass is 32.2. The molecule has 0 atom stereocenters. The van der Waals surface area contributed by atoms with Crippen LogP contribution in [0.1, 0.15) is 19.4 Å². The Bertz CT molecular complexity index is 856. The van der Waals surface area contributed by atoms with Gasteiger partial charge in [0.2, 0.25) is 10.3 Å². The van der Waals surface area contributed by atoms with Crippen molar-refractivity contribution in [3.63, 3.8) is 0 Å². The molecule has 0 aliphatic rings. The number of methoxy groups -OCH3 is 1. The van der Waals surface area contributed by atoms with Gasteiger partial charge in [-0.15, -0.1) is 0 Å². The Balaban J connectivity index is 2.10. The second kappa shape index (κ2) is 9.22. The summed E-state index contributed by atoms with van der Waals surface area (Å²) in [4.78, 5) is 16.5. The molecule has 0 aliphatic carbocycles. The third kappa shape index (κ3) is 5.47. The largest absolute Gasteiger partial charge is 0.504 e. The summed E-state index contributed by atoms with van der Waals surface area (Å²) < 4.78 is 9.19. The van der Waals surface area contributed by atoms with Crippen molar-refractivity contribution < 1.29 is 14.6 Å². The number of hydrogen-bond donors (Lipinski definition) is 2. The molecule has 0 bridgehead atoms. The van der Waals surface area contributed by atoms with Crippen LogP contribution in [0.25, 0.3) is 6.08 Å². The molecule has 0 unspecified atom stereocenters. The number of phenols is 1. The summed E-state index contributed by atoms with van der Waals surface area (Å²) in [7, 11) is 1.42. The number of nitriles is 1. The van der Waals surface area contributed by atoms with Crippen LogP contribution in [-0.4, -0.2) is 33.2 Å². The van der Waals surface area contributed by atoms with Crippen molar-refractivity contribution in [2.24, 2.45) is 5.92 Å². The Morgan fingerprint density at radius 2 is 2.31 bits per heavy atom. The third-order valence-corrected chi connectivity index (χ3v) is 5.07. The number of thioether (sulfide) groups is 1. The molecule has 7 nitrogen and oxygen atoms in total. The lowest BCUT2D eigenvalue weighted by Crippen LogP contribution is -2.13. The minimum atomic E-state index is -0.573. The summed E-state index contributed by atoms with van der Waals surface area (Å²) in [6.07, 6.45) is 1.41. The number of ether oxygens (including phenoxy) is 1. The van der Waals surface area contributed by atoms with Crippen molar-refractivity contribution in [3.8, 4) is 17.6 Å². The maximum Gasteiger partial charge on any atom is 0.268 e. The van der Waals surface area contributed by atoms with E-state index in [1.165, 1.54) is 37.1 Å². The number of hydrogen-bond acceptors (Lipinski definition) is 8. The number of anilines is 1. The molecular weight excluding hydrogens is 372 g/mol. The maximum absolute atomic E-state index is 12.3. The minimum absolute atomic E-state index is 0.0205. The highest BCUT2D eigenvalue weighted by Gasteiger charge is 2.14. The Hall–Kier alpha value is -2.57. The van der Waals surface area contributed by atoms with Crippen LogP contribution < -0.4 is 10.1 Å². The van der Waals surface area contributed by atoms with Gasteiger partial charge in [0.15, 0.2) is 11.5 Å². The normalized spacial score (nSPS) is 11.3. The zero-order valence-corrected chi connectivity index (χ0v) is 16.1. The van der Waals surface area contributed by atoms with E-state index in [9.17, 15) is 15.2 Å². The van der Waals surface area contributed by atoms with Crippen molar-refractivity contribution in [2.45, 2.75) is 19.0 Å². The number of benzene rings is 1. The molecule has 0 fully saturated rings. The predicted molar refractivity (Wildman–Crippen MR) is 102 cm³/mol. The van der Waals surface area contributed by atoms with Crippen LogP contribution in [0.4, 0.5) is 5.13 Å². The molecule has 1 heterocycles. The van der Waals surface area contributed by atoms with Gasteiger partial charge in [-0.25, -0.2) is 0 Å². The standard InChI is InChI=1S/C17H18N4O3S2/c1-10(2)9-25-17-20-16(26-21-17)19-15(23)12(8-18)6-11-4-5-13(22)14(7-11)24-3/h4-7,10,22H,9H2,1-3H3,(H,19,20,21,23). The molecule has 26 heavy (non-hydrogen) atoms. The zero-order chi connectivity index (χ0) is 19.1. The van der Waals surface area contributed by atoms with Gasteiger partial charge >= 0.3 is 0 Å². The number of carbonyl (C=O) groups is 1. The smallest absolute Gasteiger partial charge is 0.268 e. The fourth-order valence-electron chi connectivity index (χ4n) is 1.82. The van der Waals surface area contributed by atoms with E-state index in [0.717, 1.165) is 17.3 Å². The molecule has 0 aliphatic heterocycles. The van der Waals surface area contributed by atoms with Crippen LogP contribution in [0.2, 0.25) is 0 Å². The van der Waals surface area contributed by atoms with Crippen LogP contribution in [0, 0.1) is 17.2 Å². The predicted octanol–water partition coefficient (Wildman–Crippen LogP) is 3.55. The number of nitrogens with one attached hydrogen (secondary N) is 1. The number of nitrogens with zero attached hydrogens (tertiary/aromatic N) is 3. The summed E-state index contributed by atoms with van der Waals surface area (Å²) in [6, 6.07) is 6.41. The molecule has 0 saturated carbocycles. The van der Waals surface area contributed by atoms with E-state index in [1.807, 2.05) is 6.07 Å². The summed E-state index contributed by atoms with van der Waals surface area (Å²) in [5.74, 6) is 1.06. The van der Waals surface area contributed by atoms with Crippen molar-refractivity contribution in [2.75, 3.05) is 18.2 Å². The van der Waals surface area contributed by atoms with Crippen LogP contribution in [0.5, 0.6) is 11.5 Å². The van der Waals surface area contributed by atoms with E-state index < -0.39 is 5.91 Å². The number of amides is 1. The number of rotatable bonds is 7. The zero-order valence-electron chi connectivity index (χ0n) is 14.5. The first-order chi connectivity index (χ1) is 12.4. The molecule has 1 aromatic carbocycles. The van der Waals surface area contributed by atoms with Gasteiger partial charge in [0, 0.05) is 17.3 Å². The van der Waals surface area contributed by atoms with Gasteiger partial charge in [-0.3, -0.25) is 10.1 Å². The van der Waals surface area contributed by atoms with Crippen LogP contribution in [0.3, 0.4) is 0 Å². The van der Waals surface area contributed by atoms with E-state index in [1.54, 1.807) is 6.07 Å². The van der Waals surface area contributed by atoms with Gasteiger partial charge < -0.3 is 9.84 Å². The molecule has 2 rings (SSSR count). The summed E-state index contributed by atoms with van der Waals surface area (Å²) in [6.45, 7) is 4.20. The number of carbonyl (C=O) groups excluding carboxylic acids is 1. The van der Waals surface area contributed by atoms with E-state index in [4.69, 9.17) is 4.74 Å². The fourth-order valence-corrected chi connectivity index (χ4v) is 3.31. The Morgan fingerprint density at radius 3 is 2.96 bits per heavy atom. The van der Waals surface area contributed by atoms with E-state index >= 15 is 0 Å². The highest BCUT2D eigenvalue weighted by molar-refractivity contribution is 7.99. The molecule has 2 N–H and O–H groups in total. The first-order valence-corrected chi connectivity index (χ1v) is 9.45. The fraction of sp³-hybridized carbons (Fsp3) is 0.294. The molecule has 2 aromatic rings. The molecule has 0 radical (unpaired) electrons. The summed E-state index contributed by atoms with van der Waals surface area (Å²) >= 11 is 2.59. The van der Waals surface area contributed by atoms with Gasteiger partial charge in [0.25, 0.3) is 5.91 Å². The van der Waals surface area contributed by atoms with Gasteiger partial charge in [-0.1, -0.05) is 31.7 Å². The highest BCUT2D eigenvalue weighted by Crippen LogP contribution is 2.27. The molecule has 0 spiro atoms. The average molecular weight is 390 g/mol. The second-order valence-electron chi connectivity index (χ2n) is 5.64. The lowest BCUT2D eigenvalue weighted by molar-refractivity contribution is -0.112. The number of aromatic hydroxyl groups is 1. The average Bonchev–Trinajstić information content (AvgIpc) is 3.06.